The van der Waals surface area contributed by atoms with E-state index >= 15 is 0 Å². The first-order valence-electron chi connectivity index (χ1n) is 11.4. The lowest BCUT2D eigenvalue weighted by molar-refractivity contribution is -0.139. The number of aldehydes is 1. The van der Waals surface area contributed by atoms with Gasteiger partial charge in [0.15, 0.2) is 0 Å². The highest BCUT2D eigenvalue weighted by Gasteiger charge is 2.23. The van der Waals surface area contributed by atoms with Gasteiger partial charge in [-0.25, -0.2) is 4.79 Å². The van der Waals surface area contributed by atoms with Crippen LogP contribution < -0.4 is 20.7 Å². The van der Waals surface area contributed by atoms with Gasteiger partial charge in [0, 0.05) is 28.7 Å². The zero-order valence-corrected chi connectivity index (χ0v) is 23.2. The predicted molar refractivity (Wildman–Crippen MR) is 148 cm³/mol. The maximum Gasteiger partial charge on any atom is 0.328 e. The molecule has 0 bridgehead atoms. The second-order valence-corrected chi connectivity index (χ2v) is 8.68. The van der Waals surface area contributed by atoms with E-state index in [1.807, 2.05) is 19.2 Å². The van der Waals surface area contributed by atoms with E-state index in [4.69, 9.17) is 9.84 Å². The minimum absolute atomic E-state index is 0.0672. The zero-order valence-electron chi connectivity index (χ0n) is 21.6. The molecule has 1 unspecified atom stereocenters. The van der Waals surface area contributed by atoms with Gasteiger partial charge in [-0.1, -0.05) is 46.3 Å². The van der Waals surface area contributed by atoms with E-state index in [0.717, 1.165) is 12.1 Å². The maximum atomic E-state index is 12.4. The molecule has 2 rings (SSSR count). The molecule has 2 amide bonds. The minimum atomic E-state index is -1.36. The van der Waals surface area contributed by atoms with Crippen LogP contribution in [0.1, 0.15) is 40.1 Å². The van der Waals surface area contributed by atoms with E-state index in [2.05, 4.69) is 31.9 Å². The number of phenolic OH excluding ortho intramolecular Hbond substituents is 1. The quantitative estimate of drug-likeness (QED) is 0.152. The first kappa shape index (κ1) is 32.1. The van der Waals surface area contributed by atoms with Gasteiger partial charge in [-0.3, -0.25) is 14.4 Å². The average Bonchev–Trinajstić information content (AvgIpc) is 2.90. The molecule has 38 heavy (non-hydrogen) atoms. The Kier molecular flexibility index (Phi) is 14.1. The lowest BCUT2D eigenvalue weighted by Gasteiger charge is -2.17. The summed E-state index contributed by atoms with van der Waals surface area (Å²) in [6, 6.07) is 9.99. The fraction of sp³-hybridized carbons (Fsp3) is 0.259. The number of amides is 2. The number of hydrogen-bond acceptors (Lipinski definition) is 7. The van der Waals surface area contributed by atoms with Crippen molar-refractivity contribution in [3.63, 3.8) is 0 Å². The Bertz CT molecular complexity index is 1190. The lowest BCUT2D eigenvalue weighted by atomic mass is 10.1. The van der Waals surface area contributed by atoms with Crippen molar-refractivity contribution in [2.24, 2.45) is 0 Å². The number of rotatable bonds is 11. The largest absolute Gasteiger partial charge is 0.508 e. The second-order valence-electron chi connectivity index (χ2n) is 7.83. The third-order valence-corrected chi connectivity index (χ3v) is 5.84. The highest BCUT2D eigenvalue weighted by molar-refractivity contribution is 9.11. The Morgan fingerprint density at radius 1 is 1.16 bits per heavy atom. The molecule has 0 spiro atoms. The van der Waals surface area contributed by atoms with Crippen molar-refractivity contribution < 1.29 is 34.1 Å². The summed E-state index contributed by atoms with van der Waals surface area (Å²) >= 11 is 3.25. The van der Waals surface area contributed by atoms with Crippen LogP contribution in [-0.4, -0.2) is 61.0 Å². The van der Waals surface area contributed by atoms with Crippen LogP contribution in [0.15, 0.2) is 64.7 Å². The van der Waals surface area contributed by atoms with Crippen LogP contribution in [0.2, 0.25) is 0 Å². The molecule has 5 N–H and O–H groups in total. The standard InChI is InChI=1S/C19H21BrN2O6.C8H11NO/c1-4-5-14(20)11(2)17(24)21-9-15(19(26)27)22-18(25)13-7-6-12(10-23)8-16(13)28-3;1-9-6-7-3-2-4-8(10)5-7/h4-8,10,15H,9H2,1-3H3,(H,21,24)(H,22,25)(H,26,27);2-5,9-10H,6H2,1H3/b5-4-,14-11-;. The maximum absolute atomic E-state index is 12.4. The van der Waals surface area contributed by atoms with Gasteiger partial charge in [-0.15, -0.1) is 0 Å². The van der Waals surface area contributed by atoms with Crippen LogP contribution in [0, 0.1) is 0 Å². The van der Waals surface area contributed by atoms with Crippen LogP contribution >= 0.6 is 15.9 Å². The van der Waals surface area contributed by atoms with Crippen LogP contribution in [-0.2, 0) is 16.1 Å². The van der Waals surface area contributed by atoms with Crippen LogP contribution in [0.25, 0.3) is 0 Å². The summed E-state index contributed by atoms with van der Waals surface area (Å²) in [6.45, 7) is 3.85. The van der Waals surface area contributed by atoms with Crippen molar-refractivity contribution in [1.29, 1.82) is 0 Å². The average molecular weight is 590 g/mol. The predicted octanol–water partition coefficient (Wildman–Crippen LogP) is 3.16. The minimum Gasteiger partial charge on any atom is -0.508 e. The molecule has 0 saturated heterocycles. The van der Waals surface area contributed by atoms with Crippen molar-refractivity contribution in [1.82, 2.24) is 16.0 Å². The van der Waals surface area contributed by atoms with Crippen LogP contribution in [0.3, 0.4) is 0 Å². The van der Waals surface area contributed by atoms with E-state index in [9.17, 15) is 24.3 Å². The third kappa shape index (κ3) is 10.6. The number of benzene rings is 2. The summed E-state index contributed by atoms with van der Waals surface area (Å²) in [5, 5.41) is 26.2. The van der Waals surface area contributed by atoms with Gasteiger partial charge < -0.3 is 30.9 Å². The second kappa shape index (κ2) is 16.7. The molecule has 0 aliphatic rings. The van der Waals surface area contributed by atoms with Gasteiger partial charge in [-0.2, -0.15) is 0 Å². The first-order valence-corrected chi connectivity index (χ1v) is 12.2. The molecule has 204 valence electrons. The van der Waals surface area contributed by atoms with E-state index in [0.29, 0.717) is 27.7 Å². The smallest absolute Gasteiger partial charge is 0.328 e. The molecule has 0 fully saturated rings. The van der Waals surface area contributed by atoms with Crippen molar-refractivity contribution in [2.75, 3.05) is 20.7 Å². The number of halogens is 1. The Balaban J connectivity index is 0.000000600. The highest BCUT2D eigenvalue weighted by Crippen LogP contribution is 2.19. The highest BCUT2D eigenvalue weighted by atomic mass is 79.9. The van der Waals surface area contributed by atoms with Crippen molar-refractivity contribution in [3.05, 3.63) is 81.4 Å². The molecule has 0 aliphatic heterocycles. The van der Waals surface area contributed by atoms with Crippen molar-refractivity contribution >= 4 is 40.0 Å². The van der Waals surface area contributed by atoms with Crippen LogP contribution in [0.4, 0.5) is 0 Å². The van der Waals surface area contributed by atoms with Crippen LogP contribution in [0.5, 0.6) is 11.5 Å². The Labute approximate surface area is 229 Å². The van der Waals surface area contributed by atoms with Crippen molar-refractivity contribution in [3.8, 4) is 11.5 Å². The molecule has 2 aromatic carbocycles. The molecule has 0 heterocycles. The molecular weight excluding hydrogens is 558 g/mol. The summed E-state index contributed by atoms with van der Waals surface area (Å²) in [5.74, 6) is -2.04. The third-order valence-electron chi connectivity index (χ3n) is 4.98. The van der Waals surface area contributed by atoms with E-state index in [1.54, 1.807) is 38.1 Å². The van der Waals surface area contributed by atoms with Gasteiger partial charge >= 0.3 is 5.97 Å². The Hall–Kier alpha value is -3.96. The molecule has 2 aromatic rings. The number of hydrogen-bond donors (Lipinski definition) is 5. The normalized spacial score (nSPS) is 11.9. The number of carboxylic acid groups (broad SMARTS) is 1. The molecule has 0 aromatic heterocycles. The number of phenols is 1. The summed E-state index contributed by atoms with van der Waals surface area (Å²) in [6.07, 6.45) is 4.02. The summed E-state index contributed by atoms with van der Waals surface area (Å²) in [4.78, 5) is 46.8. The molecule has 10 nitrogen and oxygen atoms in total. The van der Waals surface area contributed by atoms with Crippen molar-refractivity contribution in [2.45, 2.75) is 26.4 Å². The Morgan fingerprint density at radius 2 is 1.87 bits per heavy atom. The van der Waals surface area contributed by atoms with E-state index in [-0.39, 0.29) is 17.9 Å². The number of carbonyl (C=O) groups is 4. The summed E-state index contributed by atoms with van der Waals surface area (Å²) in [5.41, 5.74) is 1.84. The summed E-state index contributed by atoms with van der Waals surface area (Å²) in [7, 11) is 3.21. The van der Waals surface area contributed by atoms with Gasteiger partial charge in [0.25, 0.3) is 5.91 Å². The number of carbonyl (C=O) groups excluding carboxylic acids is 3. The number of carboxylic acids is 1. The van der Waals surface area contributed by atoms with Gasteiger partial charge in [0.2, 0.25) is 5.91 Å². The van der Waals surface area contributed by atoms with Gasteiger partial charge in [-0.05, 0) is 50.7 Å². The molecule has 0 saturated carbocycles. The number of nitrogens with one attached hydrogen (secondary N) is 3. The van der Waals surface area contributed by atoms with Gasteiger partial charge in [0.05, 0.1) is 12.7 Å². The van der Waals surface area contributed by atoms with Gasteiger partial charge in [0.1, 0.15) is 23.8 Å². The Morgan fingerprint density at radius 3 is 2.42 bits per heavy atom. The summed E-state index contributed by atoms with van der Waals surface area (Å²) < 4.78 is 5.63. The molecule has 11 heteroatoms. The fourth-order valence-electron chi connectivity index (χ4n) is 2.98. The van der Waals surface area contributed by atoms with E-state index < -0.39 is 23.8 Å². The number of aromatic hydroxyl groups is 1. The SMILES string of the molecule is C/C=C\C(Br)=C(/C)C(=O)NCC(NC(=O)c1ccc(C=O)cc1OC)C(=O)O.CNCc1cccc(O)c1. The monoisotopic (exact) mass is 589 g/mol. The number of ether oxygens (including phenoxy) is 1. The molecule has 1 atom stereocenters. The number of methoxy groups -OCH3 is 1. The number of allylic oxidation sites excluding steroid dienone is 3. The van der Waals surface area contributed by atoms with E-state index in [1.165, 1.54) is 25.3 Å². The fourth-order valence-corrected chi connectivity index (χ4v) is 3.43. The molecule has 0 radical (unpaired) electrons. The molecular formula is C27H32BrN3O7. The molecule has 0 aliphatic carbocycles. The number of aliphatic carboxylic acids is 1. The lowest BCUT2D eigenvalue weighted by Crippen LogP contribution is -2.48. The zero-order chi connectivity index (χ0) is 28.7. The topological polar surface area (TPSA) is 154 Å². The first-order chi connectivity index (χ1) is 18.1.